The van der Waals surface area contributed by atoms with Gasteiger partial charge in [-0.3, -0.25) is 4.79 Å². The number of hydrogen-bond acceptors (Lipinski definition) is 4. The van der Waals surface area contributed by atoms with Gasteiger partial charge in [-0.2, -0.15) is 0 Å². The van der Waals surface area contributed by atoms with E-state index in [1.165, 1.54) is 23.8 Å². The van der Waals surface area contributed by atoms with Crippen molar-refractivity contribution >= 4 is 12.0 Å². The average molecular weight is 398 g/mol. The van der Waals surface area contributed by atoms with Crippen LogP contribution in [0.2, 0.25) is 0 Å². The van der Waals surface area contributed by atoms with E-state index in [1.807, 2.05) is 6.07 Å². The molecule has 3 rings (SSSR count). The van der Waals surface area contributed by atoms with Gasteiger partial charge < -0.3 is 19.7 Å². The van der Waals surface area contributed by atoms with Crippen LogP contribution in [0.25, 0.3) is 6.08 Å². The summed E-state index contributed by atoms with van der Waals surface area (Å²) in [5.74, 6) is 1.21. The molecule has 2 aromatic carbocycles. The van der Waals surface area contributed by atoms with Gasteiger partial charge in [0.05, 0.1) is 0 Å². The summed E-state index contributed by atoms with van der Waals surface area (Å²) in [6, 6.07) is 12.1. The fourth-order valence-corrected chi connectivity index (χ4v) is 3.04. The Morgan fingerprint density at radius 1 is 1.10 bits per heavy atom. The molecule has 6 heteroatoms. The van der Waals surface area contributed by atoms with E-state index in [0.29, 0.717) is 19.8 Å². The van der Waals surface area contributed by atoms with Gasteiger partial charge in [-0.25, -0.2) is 4.39 Å². The quantitative estimate of drug-likeness (QED) is 0.520. The normalized spacial score (nSPS) is 13.1. The van der Waals surface area contributed by atoms with Gasteiger partial charge in [0, 0.05) is 19.2 Å². The van der Waals surface area contributed by atoms with Crippen LogP contribution >= 0.6 is 0 Å². The summed E-state index contributed by atoms with van der Waals surface area (Å²) in [4.78, 5) is 14.1. The molecule has 1 amide bonds. The number of carbonyl (C=O) groups excluding carboxylic acids is 1. The number of halogens is 1. The third-order valence-electron chi connectivity index (χ3n) is 4.70. The second-order valence-corrected chi connectivity index (χ2v) is 7.06. The maximum Gasteiger partial charge on any atom is 0.243 e. The SMILES string of the molecule is CN(CCCNC(=O)/C=C/c1ccc(F)cc1)CCc1ccc2c(c1)OCCO2. The van der Waals surface area contributed by atoms with E-state index in [1.54, 1.807) is 18.2 Å². The van der Waals surface area contributed by atoms with Crippen LogP contribution in [0.15, 0.2) is 48.5 Å². The van der Waals surface area contributed by atoms with Crippen LogP contribution in [0, 0.1) is 5.82 Å². The van der Waals surface area contributed by atoms with Crippen molar-refractivity contribution in [3.8, 4) is 11.5 Å². The summed E-state index contributed by atoms with van der Waals surface area (Å²) in [7, 11) is 2.08. The highest BCUT2D eigenvalue weighted by molar-refractivity contribution is 5.91. The number of nitrogens with one attached hydrogen (secondary N) is 1. The van der Waals surface area contributed by atoms with Crippen molar-refractivity contribution in [3.63, 3.8) is 0 Å². The van der Waals surface area contributed by atoms with Crippen molar-refractivity contribution in [2.45, 2.75) is 12.8 Å². The molecule has 1 N–H and O–H groups in total. The van der Waals surface area contributed by atoms with Gasteiger partial charge in [0.2, 0.25) is 5.91 Å². The predicted octanol–water partition coefficient (Wildman–Crippen LogP) is 3.29. The van der Waals surface area contributed by atoms with Crippen molar-refractivity contribution in [2.75, 3.05) is 39.9 Å². The van der Waals surface area contributed by atoms with E-state index in [0.717, 1.165) is 43.0 Å². The van der Waals surface area contributed by atoms with Crippen LogP contribution in [0.4, 0.5) is 4.39 Å². The number of amides is 1. The number of fused-ring (bicyclic) bond motifs is 1. The predicted molar refractivity (Wildman–Crippen MR) is 112 cm³/mol. The zero-order valence-electron chi connectivity index (χ0n) is 16.7. The van der Waals surface area contributed by atoms with Crippen molar-refractivity contribution in [3.05, 3.63) is 65.5 Å². The molecule has 1 heterocycles. The monoisotopic (exact) mass is 398 g/mol. The molecular formula is C23H27FN2O3. The molecule has 0 unspecified atom stereocenters. The van der Waals surface area contributed by atoms with Gasteiger partial charge in [0.15, 0.2) is 11.5 Å². The molecule has 0 aliphatic carbocycles. The molecule has 2 aromatic rings. The van der Waals surface area contributed by atoms with Gasteiger partial charge in [0.25, 0.3) is 0 Å². The molecule has 0 saturated heterocycles. The summed E-state index contributed by atoms with van der Waals surface area (Å²) in [5.41, 5.74) is 2.01. The van der Waals surface area contributed by atoms with E-state index >= 15 is 0 Å². The Morgan fingerprint density at radius 2 is 1.86 bits per heavy atom. The number of ether oxygens (including phenoxy) is 2. The van der Waals surface area contributed by atoms with Crippen LogP contribution in [0.1, 0.15) is 17.5 Å². The highest BCUT2D eigenvalue weighted by Gasteiger charge is 2.11. The molecule has 29 heavy (non-hydrogen) atoms. The minimum absolute atomic E-state index is 0.145. The standard InChI is InChI=1S/C23H27FN2O3/c1-26(14-11-19-5-9-21-22(17-19)29-16-15-28-21)13-2-12-25-23(27)10-6-18-3-7-20(24)8-4-18/h3-10,17H,2,11-16H2,1H3,(H,25,27)/b10-6+. The van der Waals surface area contributed by atoms with Gasteiger partial charge in [0.1, 0.15) is 19.0 Å². The third-order valence-corrected chi connectivity index (χ3v) is 4.70. The van der Waals surface area contributed by atoms with E-state index in [4.69, 9.17) is 9.47 Å². The Kier molecular flexibility index (Phi) is 7.64. The number of nitrogens with zero attached hydrogens (tertiary/aromatic N) is 1. The van der Waals surface area contributed by atoms with Gasteiger partial charge >= 0.3 is 0 Å². The number of carbonyl (C=O) groups is 1. The first-order valence-electron chi connectivity index (χ1n) is 9.89. The first-order chi connectivity index (χ1) is 14.1. The zero-order chi connectivity index (χ0) is 20.5. The summed E-state index contributed by atoms with van der Waals surface area (Å²) in [6.07, 6.45) is 4.95. The van der Waals surface area contributed by atoms with Crippen LogP contribution in [0.5, 0.6) is 11.5 Å². The molecule has 1 aliphatic heterocycles. The maximum atomic E-state index is 12.9. The van der Waals surface area contributed by atoms with E-state index in [2.05, 4.69) is 29.4 Å². The van der Waals surface area contributed by atoms with Crippen LogP contribution < -0.4 is 14.8 Å². The maximum absolute atomic E-state index is 12.9. The number of hydrogen-bond donors (Lipinski definition) is 1. The Hall–Kier alpha value is -2.86. The average Bonchev–Trinajstić information content (AvgIpc) is 2.74. The second kappa shape index (κ2) is 10.6. The Balaban J connectivity index is 1.31. The molecule has 1 aliphatic rings. The largest absolute Gasteiger partial charge is 0.486 e. The smallest absolute Gasteiger partial charge is 0.243 e. The van der Waals surface area contributed by atoms with Crippen molar-refractivity contribution in [1.29, 1.82) is 0 Å². The van der Waals surface area contributed by atoms with Crippen LogP contribution in [0.3, 0.4) is 0 Å². The first-order valence-corrected chi connectivity index (χ1v) is 9.89. The molecule has 5 nitrogen and oxygen atoms in total. The first kappa shape index (κ1) is 20.9. The molecule has 0 aromatic heterocycles. The molecule has 154 valence electrons. The van der Waals surface area contributed by atoms with Crippen LogP contribution in [-0.4, -0.2) is 50.7 Å². The summed E-state index contributed by atoms with van der Waals surface area (Å²) in [6.45, 7) is 3.64. The van der Waals surface area contributed by atoms with E-state index in [-0.39, 0.29) is 11.7 Å². The molecule has 0 atom stereocenters. The number of benzene rings is 2. The van der Waals surface area contributed by atoms with E-state index in [9.17, 15) is 9.18 Å². The van der Waals surface area contributed by atoms with Crippen molar-refractivity contribution in [1.82, 2.24) is 10.2 Å². The lowest BCUT2D eigenvalue weighted by Crippen LogP contribution is -2.28. The fourth-order valence-electron chi connectivity index (χ4n) is 3.04. The van der Waals surface area contributed by atoms with E-state index < -0.39 is 0 Å². The van der Waals surface area contributed by atoms with Crippen molar-refractivity contribution < 1.29 is 18.7 Å². The highest BCUT2D eigenvalue weighted by atomic mass is 19.1. The topological polar surface area (TPSA) is 50.8 Å². The number of likely N-dealkylation sites (N-methyl/N-ethyl adjacent to an activating group) is 1. The Morgan fingerprint density at radius 3 is 2.66 bits per heavy atom. The van der Waals surface area contributed by atoms with Crippen LogP contribution in [-0.2, 0) is 11.2 Å². The minimum Gasteiger partial charge on any atom is -0.486 e. The zero-order valence-corrected chi connectivity index (χ0v) is 16.7. The number of rotatable bonds is 9. The Labute approximate surface area is 171 Å². The summed E-state index contributed by atoms with van der Waals surface area (Å²) >= 11 is 0. The molecule has 0 spiro atoms. The lowest BCUT2D eigenvalue weighted by molar-refractivity contribution is -0.116. The minimum atomic E-state index is -0.287. The molecule has 0 fully saturated rings. The molecule has 0 bridgehead atoms. The van der Waals surface area contributed by atoms with Gasteiger partial charge in [-0.1, -0.05) is 18.2 Å². The molecule has 0 saturated carbocycles. The fraction of sp³-hybridized carbons (Fsp3) is 0.348. The lowest BCUT2D eigenvalue weighted by Gasteiger charge is -2.20. The second-order valence-electron chi connectivity index (χ2n) is 7.06. The third kappa shape index (κ3) is 6.91. The molecule has 0 radical (unpaired) electrons. The van der Waals surface area contributed by atoms with Gasteiger partial charge in [-0.05, 0) is 67.9 Å². The highest BCUT2D eigenvalue weighted by Crippen LogP contribution is 2.30. The lowest BCUT2D eigenvalue weighted by atomic mass is 10.1. The summed E-state index contributed by atoms with van der Waals surface area (Å²) in [5, 5.41) is 2.87. The Bertz CT molecular complexity index is 837. The molecular weight excluding hydrogens is 371 g/mol. The van der Waals surface area contributed by atoms with Crippen molar-refractivity contribution in [2.24, 2.45) is 0 Å². The van der Waals surface area contributed by atoms with Gasteiger partial charge in [-0.15, -0.1) is 0 Å². The summed E-state index contributed by atoms with van der Waals surface area (Å²) < 4.78 is 24.0.